The third-order valence-corrected chi connectivity index (χ3v) is 6.31. The lowest BCUT2D eigenvalue weighted by molar-refractivity contribution is -0.146. The van der Waals surface area contributed by atoms with Gasteiger partial charge in [0.2, 0.25) is 0 Å². The molecule has 0 aliphatic rings. The first-order chi connectivity index (χ1) is 17.1. The maximum absolute atomic E-state index is 13.1. The lowest BCUT2D eigenvalue weighted by Crippen LogP contribution is -2.09. The molecule has 1 aromatic carbocycles. The van der Waals surface area contributed by atoms with Gasteiger partial charge in [-0.15, -0.1) is 0 Å². The Bertz CT molecular complexity index is 662. The van der Waals surface area contributed by atoms with E-state index in [2.05, 4.69) is 6.92 Å². The monoisotopic (exact) mass is 492 g/mol. The predicted octanol–water partition coefficient (Wildman–Crippen LogP) is 8.84. The number of halogens is 1. The first-order valence-corrected chi connectivity index (χ1v) is 14.2. The average molecular weight is 493 g/mol. The van der Waals surface area contributed by atoms with Gasteiger partial charge < -0.3 is 9.47 Å². The van der Waals surface area contributed by atoms with Crippen molar-refractivity contribution < 1.29 is 23.5 Å². The van der Waals surface area contributed by atoms with Gasteiger partial charge in [-0.1, -0.05) is 115 Å². The zero-order valence-electron chi connectivity index (χ0n) is 22.2. The summed E-state index contributed by atoms with van der Waals surface area (Å²) in [6, 6.07) is 5.96. The molecule has 0 N–H and O–H groups in total. The average Bonchev–Trinajstić information content (AvgIpc) is 2.84. The zero-order chi connectivity index (χ0) is 25.4. The summed E-state index contributed by atoms with van der Waals surface area (Å²) in [5.74, 6) is -1.01. The Morgan fingerprint density at radius 1 is 0.657 bits per heavy atom. The van der Waals surface area contributed by atoms with E-state index in [4.69, 9.17) is 9.47 Å². The fourth-order valence-electron chi connectivity index (χ4n) is 4.15. The van der Waals surface area contributed by atoms with Gasteiger partial charge in [0.05, 0.1) is 6.61 Å². The van der Waals surface area contributed by atoms with Crippen LogP contribution >= 0.6 is 0 Å². The van der Waals surface area contributed by atoms with Crippen molar-refractivity contribution in [3.8, 4) is 0 Å². The number of esters is 2. The van der Waals surface area contributed by atoms with Gasteiger partial charge in [-0.05, 0) is 30.5 Å². The molecule has 0 aromatic heterocycles. The second-order valence-electron chi connectivity index (χ2n) is 9.67. The Morgan fingerprint density at radius 3 is 1.66 bits per heavy atom. The molecular weight excluding hydrogens is 443 g/mol. The summed E-state index contributed by atoms with van der Waals surface area (Å²) in [6.07, 6.45) is 21.9. The Balaban J connectivity index is 1.80. The Hall–Kier alpha value is -1.91. The molecule has 0 saturated heterocycles. The maximum Gasteiger partial charge on any atom is 0.306 e. The van der Waals surface area contributed by atoms with Crippen LogP contribution in [0, 0.1) is 5.82 Å². The first-order valence-electron chi connectivity index (χ1n) is 14.2. The van der Waals surface area contributed by atoms with E-state index < -0.39 is 0 Å². The number of benzene rings is 1. The smallest absolute Gasteiger partial charge is 0.306 e. The van der Waals surface area contributed by atoms with Crippen molar-refractivity contribution >= 4 is 11.9 Å². The van der Waals surface area contributed by atoms with Crippen LogP contribution in [0.4, 0.5) is 4.39 Å². The molecule has 0 atom stereocenters. The third-order valence-electron chi connectivity index (χ3n) is 6.31. The van der Waals surface area contributed by atoms with Gasteiger partial charge in [-0.2, -0.15) is 0 Å². The van der Waals surface area contributed by atoms with Gasteiger partial charge in [0.25, 0.3) is 0 Å². The van der Waals surface area contributed by atoms with Crippen LogP contribution < -0.4 is 0 Å². The summed E-state index contributed by atoms with van der Waals surface area (Å²) in [4.78, 5) is 23.5. The third kappa shape index (κ3) is 20.0. The van der Waals surface area contributed by atoms with Crippen molar-refractivity contribution in [1.82, 2.24) is 0 Å². The van der Waals surface area contributed by atoms with Crippen molar-refractivity contribution in [1.29, 1.82) is 0 Å². The van der Waals surface area contributed by atoms with Gasteiger partial charge in [-0.3, -0.25) is 9.59 Å². The van der Waals surface area contributed by atoms with Crippen LogP contribution in [-0.2, 0) is 25.7 Å². The van der Waals surface area contributed by atoms with E-state index >= 15 is 0 Å². The van der Waals surface area contributed by atoms with Gasteiger partial charge in [0.15, 0.2) is 0 Å². The molecule has 1 rings (SSSR count). The number of ether oxygens (including phenoxy) is 2. The highest BCUT2D eigenvalue weighted by molar-refractivity contribution is 5.72. The molecule has 200 valence electrons. The zero-order valence-corrected chi connectivity index (χ0v) is 22.2. The van der Waals surface area contributed by atoms with E-state index in [0.29, 0.717) is 18.6 Å². The second-order valence-corrected chi connectivity index (χ2v) is 9.67. The summed E-state index contributed by atoms with van der Waals surface area (Å²) in [7, 11) is 0. The summed E-state index contributed by atoms with van der Waals surface area (Å²) in [6.45, 7) is 2.77. The molecular formula is C30H49FO4. The highest BCUT2D eigenvalue weighted by Crippen LogP contribution is 2.14. The van der Waals surface area contributed by atoms with Crippen LogP contribution in [-0.4, -0.2) is 18.5 Å². The highest BCUT2D eigenvalue weighted by atomic mass is 19.1. The predicted molar refractivity (Wildman–Crippen MR) is 141 cm³/mol. The summed E-state index contributed by atoms with van der Waals surface area (Å²) in [5.41, 5.74) is 0.608. The molecule has 0 aliphatic heterocycles. The topological polar surface area (TPSA) is 52.6 Å². The fourth-order valence-corrected chi connectivity index (χ4v) is 4.15. The molecule has 0 unspecified atom stereocenters. The van der Waals surface area contributed by atoms with E-state index in [9.17, 15) is 14.0 Å². The minimum absolute atomic E-state index is 0.0420. The van der Waals surface area contributed by atoms with Crippen LogP contribution in [0.25, 0.3) is 0 Å². The molecule has 5 heteroatoms. The molecule has 0 radical (unpaired) electrons. The lowest BCUT2D eigenvalue weighted by atomic mass is 10.0. The van der Waals surface area contributed by atoms with E-state index in [1.54, 1.807) is 12.1 Å². The molecule has 35 heavy (non-hydrogen) atoms. The van der Waals surface area contributed by atoms with Crippen molar-refractivity contribution in [2.24, 2.45) is 0 Å². The quantitative estimate of drug-likeness (QED) is 0.113. The summed E-state index contributed by atoms with van der Waals surface area (Å²) in [5, 5.41) is 0. The van der Waals surface area contributed by atoms with Gasteiger partial charge in [0.1, 0.15) is 12.4 Å². The molecule has 4 nitrogen and oxygen atoms in total. The van der Waals surface area contributed by atoms with Crippen molar-refractivity contribution in [2.75, 3.05) is 6.61 Å². The molecule has 0 fully saturated rings. The van der Waals surface area contributed by atoms with Crippen LogP contribution in [0.3, 0.4) is 0 Å². The first kappa shape index (κ1) is 31.1. The Morgan fingerprint density at radius 2 is 1.14 bits per heavy atom. The van der Waals surface area contributed by atoms with Crippen LogP contribution in [0.2, 0.25) is 0 Å². The van der Waals surface area contributed by atoms with Crippen molar-refractivity contribution in [3.63, 3.8) is 0 Å². The van der Waals surface area contributed by atoms with Crippen molar-refractivity contribution in [3.05, 3.63) is 35.6 Å². The van der Waals surface area contributed by atoms with E-state index in [1.165, 1.54) is 102 Å². The van der Waals surface area contributed by atoms with Gasteiger partial charge in [-0.25, -0.2) is 4.39 Å². The molecule has 0 aliphatic carbocycles. The number of carbonyl (C=O) groups excluding carboxylic acids is 2. The fraction of sp³-hybridized carbons (Fsp3) is 0.733. The van der Waals surface area contributed by atoms with Gasteiger partial charge in [0, 0.05) is 12.8 Å². The van der Waals surface area contributed by atoms with Crippen LogP contribution in [0.1, 0.15) is 134 Å². The van der Waals surface area contributed by atoms with E-state index in [-0.39, 0.29) is 37.2 Å². The molecule has 0 saturated carbocycles. The standard InChI is InChI=1S/C30H49FO4/c1-2-3-4-5-6-7-8-9-10-11-12-13-14-15-16-17-24-34-29(32)22-19-23-30(33)35-26-27-20-18-21-28(31)25-27/h18,20-21,25H,2-17,19,22-24,26H2,1H3. The Kier molecular flexibility index (Phi) is 20.0. The molecule has 0 bridgehead atoms. The molecule has 1 aromatic rings. The second kappa shape index (κ2) is 22.5. The number of carbonyl (C=O) groups is 2. The maximum atomic E-state index is 13.1. The summed E-state index contributed by atoms with van der Waals surface area (Å²) >= 11 is 0. The highest BCUT2D eigenvalue weighted by Gasteiger charge is 2.08. The lowest BCUT2D eigenvalue weighted by Gasteiger charge is -2.06. The minimum atomic E-state index is -0.389. The van der Waals surface area contributed by atoms with E-state index in [1.807, 2.05) is 0 Å². The minimum Gasteiger partial charge on any atom is -0.466 e. The number of hydrogen-bond donors (Lipinski definition) is 0. The van der Waals surface area contributed by atoms with Crippen LogP contribution in [0.5, 0.6) is 0 Å². The normalized spacial score (nSPS) is 10.9. The molecule has 0 heterocycles. The number of unbranched alkanes of at least 4 members (excludes halogenated alkanes) is 15. The SMILES string of the molecule is CCCCCCCCCCCCCCCCCCOC(=O)CCCC(=O)OCc1cccc(F)c1. The molecule has 0 spiro atoms. The van der Waals surface area contributed by atoms with E-state index in [0.717, 1.165) is 12.8 Å². The Labute approximate surface area is 213 Å². The number of rotatable bonds is 23. The number of hydrogen-bond acceptors (Lipinski definition) is 4. The van der Waals surface area contributed by atoms with Crippen LogP contribution in [0.15, 0.2) is 24.3 Å². The largest absolute Gasteiger partial charge is 0.466 e. The summed E-state index contributed by atoms with van der Waals surface area (Å²) < 4.78 is 23.5. The molecule has 0 amide bonds. The van der Waals surface area contributed by atoms with Gasteiger partial charge >= 0.3 is 11.9 Å². The van der Waals surface area contributed by atoms with Crippen molar-refractivity contribution in [2.45, 2.75) is 136 Å².